The lowest BCUT2D eigenvalue weighted by molar-refractivity contribution is -0.384. The average Bonchev–Trinajstić information content (AvgIpc) is 2.61. The maximum atomic E-state index is 10.8. The second kappa shape index (κ2) is 6.97. The summed E-state index contributed by atoms with van der Waals surface area (Å²) >= 11 is 1.58. The quantitative estimate of drug-likeness (QED) is 0.404. The van der Waals surface area contributed by atoms with Crippen molar-refractivity contribution >= 4 is 17.4 Å². The van der Waals surface area contributed by atoms with Crippen LogP contribution < -0.4 is 0 Å². The van der Waals surface area contributed by atoms with Gasteiger partial charge >= 0.3 is 0 Å². The minimum Gasteiger partial charge on any atom is -0.265 e. The molecular weight excluding hydrogens is 312 g/mol. The molecule has 0 unspecified atom stereocenters. The lowest BCUT2D eigenvalue weighted by Crippen LogP contribution is -1.92. The standard InChI is InChI=1S/C16H12N4O2S/c21-20(22)14-3-1-2-13(10-14)15-4-5-16(19-18-15)23-11-12-6-8-17-9-7-12/h1-10H,11H2. The summed E-state index contributed by atoms with van der Waals surface area (Å²) < 4.78 is 0. The summed E-state index contributed by atoms with van der Waals surface area (Å²) in [6.45, 7) is 0. The average molecular weight is 324 g/mol. The van der Waals surface area contributed by atoms with Crippen LogP contribution in [-0.2, 0) is 5.75 Å². The Labute approximate surface area is 136 Å². The lowest BCUT2D eigenvalue weighted by atomic mass is 10.1. The minimum absolute atomic E-state index is 0.0421. The number of non-ortho nitro benzene ring substituents is 1. The number of hydrogen-bond acceptors (Lipinski definition) is 6. The van der Waals surface area contributed by atoms with Gasteiger partial charge in [-0.25, -0.2) is 0 Å². The molecule has 0 bridgehead atoms. The van der Waals surface area contributed by atoms with Crippen LogP contribution in [0.3, 0.4) is 0 Å². The van der Waals surface area contributed by atoms with E-state index in [1.165, 1.54) is 12.1 Å². The molecule has 2 heterocycles. The topological polar surface area (TPSA) is 81.8 Å². The molecule has 3 aromatic rings. The maximum Gasteiger partial charge on any atom is 0.270 e. The van der Waals surface area contributed by atoms with E-state index in [-0.39, 0.29) is 5.69 Å². The van der Waals surface area contributed by atoms with Gasteiger partial charge < -0.3 is 0 Å². The van der Waals surface area contributed by atoms with Crippen LogP contribution in [-0.4, -0.2) is 20.1 Å². The van der Waals surface area contributed by atoms with Crippen molar-refractivity contribution in [1.29, 1.82) is 0 Å². The van der Waals surface area contributed by atoms with Gasteiger partial charge in [-0.1, -0.05) is 23.9 Å². The molecule has 7 heteroatoms. The highest BCUT2D eigenvalue weighted by Crippen LogP contribution is 2.24. The van der Waals surface area contributed by atoms with Crippen molar-refractivity contribution in [2.24, 2.45) is 0 Å². The zero-order valence-electron chi connectivity index (χ0n) is 12.0. The van der Waals surface area contributed by atoms with Crippen molar-refractivity contribution in [1.82, 2.24) is 15.2 Å². The molecule has 0 spiro atoms. The van der Waals surface area contributed by atoms with E-state index in [0.717, 1.165) is 16.3 Å². The summed E-state index contributed by atoms with van der Waals surface area (Å²) in [6, 6.07) is 14.0. The van der Waals surface area contributed by atoms with Crippen LogP contribution >= 0.6 is 11.8 Å². The zero-order chi connectivity index (χ0) is 16.1. The first-order valence-corrected chi connectivity index (χ1v) is 7.81. The van der Waals surface area contributed by atoms with E-state index in [0.29, 0.717) is 11.3 Å². The fraction of sp³-hybridized carbons (Fsp3) is 0.0625. The number of hydrogen-bond donors (Lipinski definition) is 0. The van der Waals surface area contributed by atoms with Crippen LogP contribution in [0, 0.1) is 10.1 Å². The Kier molecular flexibility index (Phi) is 4.58. The van der Waals surface area contributed by atoms with Gasteiger partial charge in [0.1, 0.15) is 5.03 Å². The zero-order valence-corrected chi connectivity index (χ0v) is 12.8. The SMILES string of the molecule is O=[N+]([O-])c1cccc(-c2ccc(SCc3ccncc3)nn2)c1. The summed E-state index contributed by atoms with van der Waals surface area (Å²) in [5.41, 5.74) is 2.49. The summed E-state index contributed by atoms with van der Waals surface area (Å²) in [5, 5.41) is 20.0. The molecule has 0 N–H and O–H groups in total. The number of aromatic nitrogens is 3. The Morgan fingerprint density at radius 2 is 1.87 bits per heavy atom. The van der Waals surface area contributed by atoms with E-state index >= 15 is 0 Å². The monoisotopic (exact) mass is 324 g/mol. The highest BCUT2D eigenvalue weighted by Gasteiger charge is 2.08. The number of nitro groups is 1. The summed E-state index contributed by atoms with van der Waals surface area (Å²) in [5.74, 6) is 0.785. The van der Waals surface area contributed by atoms with E-state index in [9.17, 15) is 10.1 Å². The van der Waals surface area contributed by atoms with Crippen molar-refractivity contribution in [3.05, 3.63) is 76.6 Å². The predicted molar refractivity (Wildman–Crippen MR) is 87.9 cm³/mol. The predicted octanol–water partition coefficient (Wildman–Crippen LogP) is 3.74. The smallest absolute Gasteiger partial charge is 0.265 e. The molecule has 1 aromatic carbocycles. The molecule has 0 radical (unpaired) electrons. The molecule has 0 saturated heterocycles. The minimum atomic E-state index is -0.421. The first kappa shape index (κ1) is 15.1. The fourth-order valence-electron chi connectivity index (χ4n) is 1.97. The summed E-state index contributed by atoms with van der Waals surface area (Å²) in [7, 11) is 0. The summed E-state index contributed by atoms with van der Waals surface area (Å²) in [4.78, 5) is 14.4. The van der Waals surface area contributed by atoms with Gasteiger partial charge in [0.05, 0.1) is 10.6 Å². The third-order valence-electron chi connectivity index (χ3n) is 3.13. The van der Waals surface area contributed by atoms with E-state index in [1.807, 2.05) is 24.3 Å². The number of thioether (sulfide) groups is 1. The molecular formula is C16H12N4O2S. The molecule has 0 atom stereocenters. The number of nitro benzene ring substituents is 1. The first-order chi connectivity index (χ1) is 11.2. The fourth-order valence-corrected chi connectivity index (χ4v) is 2.74. The summed E-state index contributed by atoms with van der Waals surface area (Å²) in [6.07, 6.45) is 3.51. The molecule has 2 aromatic heterocycles. The lowest BCUT2D eigenvalue weighted by Gasteiger charge is -2.03. The van der Waals surface area contributed by atoms with Crippen LogP contribution in [0.5, 0.6) is 0 Å². The molecule has 3 rings (SSSR count). The van der Waals surface area contributed by atoms with Crippen LogP contribution in [0.2, 0.25) is 0 Å². The van der Waals surface area contributed by atoms with E-state index in [2.05, 4.69) is 15.2 Å². The third-order valence-corrected chi connectivity index (χ3v) is 4.12. The molecule has 114 valence electrons. The van der Waals surface area contributed by atoms with Gasteiger partial charge in [-0.3, -0.25) is 15.1 Å². The van der Waals surface area contributed by atoms with E-state index < -0.39 is 4.92 Å². The van der Waals surface area contributed by atoms with Gasteiger partial charge in [-0.2, -0.15) is 0 Å². The molecule has 0 aliphatic heterocycles. The van der Waals surface area contributed by atoms with Crippen molar-refractivity contribution in [3.8, 4) is 11.3 Å². The highest BCUT2D eigenvalue weighted by molar-refractivity contribution is 7.98. The number of nitrogens with zero attached hydrogens (tertiary/aromatic N) is 4. The Balaban J connectivity index is 1.72. The second-order valence-corrected chi connectivity index (χ2v) is 5.70. The molecule has 23 heavy (non-hydrogen) atoms. The molecule has 0 aliphatic rings. The van der Waals surface area contributed by atoms with Gasteiger partial charge in [0.15, 0.2) is 0 Å². The van der Waals surface area contributed by atoms with Crippen LogP contribution in [0.25, 0.3) is 11.3 Å². The Bertz CT molecular complexity index is 810. The van der Waals surface area contributed by atoms with E-state index in [4.69, 9.17) is 0 Å². The van der Waals surface area contributed by atoms with Crippen molar-refractivity contribution < 1.29 is 4.92 Å². The van der Waals surface area contributed by atoms with Gasteiger partial charge in [0.25, 0.3) is 5.69 Å². The largest absolute Gasteiger partial charge is 0.270 e. The first-order valence-electron chi connectivity index (χ1n) is 6.82. The third kappa shape index (κ3) is 3.89. The number of benzene rings is 1. The molecule has 0 fully saturated rings. The van der Waals surface area contributed by atoms with Gasteiger partial charge in [-0.15, -0.1) is 10.2 Å². The van der Waals surface area contributed by atoms with Crippen molar-refractivity contribution in [2.75, 3.05) is 0 Å². The second-order valence-electron chi connectivity index (χ2n) is 4.71. The van der Waals surface area contributed by atoms with Crippen LogP contribution in [0.15, 0.2) is 66.0 Å². The van der Waals surface area contributed by atoms with Crippen molar-refractivity contribution in [3.63, 3.8) is 0 Å². The maximum absolute atomic E-state index is 10.8. The number of rotatable bonds is 5. The highest BCUT2D eigenvalue weighted by atomic mass is 32.2. The van der Waals surface area contributed by atoms with Gasteiger partial charge in [0, 0.05) is 35.8 Å². The normalized spacial score (nSPS) is 10.4. The van der Waals surface area contributed by atoms with Crippen LogP contribution in [0.4, 0.5) is 5.69 Å². The van der Waals surface area contributed by atoms with Gasteiger partial charge in [-0.05, 0) is 29.8 Å². The molecule has 0 saturated carbocycles. The Morgan fingerprint density at radius 1 is 1.04 bits per heavy atom. The van der Waals surface area contributed by atoms with E-state index in [1.54, 1.807) is 36.3 Å². The molecule has 0 amide bonds. The molecule has 0 aliphatic carbocycles. The van der Waals surface area contributed by atoms with Crippen molar-refractivity contribution in [2.45, 2.75) is 10.8 Å². The number of pyridine rings is 1. The van der Waals surface area contributed by atoms with Crippen LogP contribution in [0.1, 0.15) is 5.56 Å². The molecule has 6 nitrogen and oxygen atoms in total. The Hall–Kier alpha value is -2.80. The van der Waals surface area contributed by atoms with Gasteiger partial charge in [0.2, 0.25) is 0 Å². The Morgan fingerprint density at radius 3 is 2.57 bits per heavy atom.